The number of hydrogen-bond donors (Lipinski definition) is 1. The normalized spacial score (nSPS) is 13.0. The lowest BCUT2D eigenvalue weighted by Gasteiger charge is -2.24. The molecule has 0 atom stereocenters. The van der Waals surface area contributed by atoms with Crippen molar-refractivity contribution in [3.05, 3.63) is 98.1 Å². The minimum Gasteiger partial charge on any atom is -0.289 e. The van der Waals surface area contributed by atoms with Gasteiger partial charge in [0.25, 0.3) is 10.1 Å². The summed E-state index contributed by atoms with van der Waals surface area (Å²) in [4.78, 5) is 40.1. The Hall–Kier alpha value is -3.42. The zero-order chi connectivity index (χ0) is 24.2. The summed E-state index contributed by atoms with van der Waals surface area (Å²) < 4.78 is 35.2. The molecule has 33 heavy (non-hydrogen) atoms. The molecule has 168 valence electrons. The molecule has 4 rings (SSSR count). The van der Waals surface area contributed by atoms with Crippen LogP contribution in [0.2, 0.25) is 0 Å². The Morgan fingerprint density at radius 2 is 1.39 bits per heavy atom. The molecule has 0 saturated heterocycles. The lowest BCUT2D eigenvalue weighted by atomic mass is 9.78. The molecular weight excluding hydrogens is 440 g/mol. The van der Waals surface area contributed by atoms with Crippen molar-refractivity contribution in [2.24, 2.45) is 0 Å². The van der Waals surface area contributed by atoms with Crippen LogP contribution in [0, 0.1) is 20.8 Å². The fraction of sp³-hybridized carbons (Fsp3) is 0.192. The van der Waals surface area contributed by atoms with E-state index in [0.29, 0.717) is 11.1 Å². The van der Waals surface area contributed by atoms with Crippen LogP contribution in [0.15, 0.2) is 47.4 Å². The molecular formula is C26H22O6S. The maximum Gasteiger partial charge on any atom is 0.295 e. The second-order valence-electron chi connectivity index (χ2n) is 8.30. The summed E-state index contributed by atoms with van der Waals surface area (Å²) in [5.41, 5.74) is 1.97. The van der Waals surface area contributed by atoms with Gasteiger partial charge < -0.3 is 0 Å². The number of benzene rings is 3. The van der Waals surface area contributed by atoms with E-state index in [1.165, 1.54) is 18.2 Å². The van der Waals surface area contributed by atoms with Gasteiger partial charge in [-0.15, -0.1) is 0 Å². The zero-order valence-corrected chi connectivity index (χ0v) is 19.5. The summed E-state index contributed by atoms with van der Waals surface area (Å²) >= 11 is 0. The van der Waals surface area contributed by atoms with Crippen LogP contribution in [0.25, 0.3) is 0 Å². The average Bonchev–Trinajstić information content (AvgIpc) is 2.74. The summed E-state index contributed by atoms with van der Waals surface area (Å²) in [6.07, 6.45) is 0.123. The molecule has 7 heteroatoms. The molecule has 0 unspecified atom stereocenters. The molecule has 3 aromatic carbocycles. The molecule has 1 N–H and O–H groups in total. The van der Waals surface area contributed by atoms with Gasteiger partial charge in [0.2, 0.25) is 0 Å². The summed E-state index contributed by atoms with van der Waals surface area (Å²) in [5, 5.41) is 0. The van der Waals surface area contributed by atoms with Gasteiger partial charge in [-0.05, 0) is 49.9 Å². The molecule has 0 aromatic heterocycles. The third-order valence-electron chi connectivity index (χ3n) is 6.01. The molecule has 0 amide bonds. The summed E-state index contributed by atoms with van der Waals surface area (Å²) in [7, 11) is -4.90. The number of carbonyl (C=O) groups is 3. The fourth-order valence-corrected chi connectivity index (χ4v) is 5.72. The molecule has 0 fully saturated rings. The number of fused-ring (bicyclic) bond motifs is 2. The first-order valence-electron chi connectivity index (χ1n) is 10.5. The molecule has 0 radical (unpaired) electrons. The number of carbonyl (C=O) groups excluding carboxylic acids is 3. The van der Waals surface area contributed by atoms with Crippen LogP contribution in [0.5, 0.6) is 0 Å². The third-order valence-corrected chi connectivity index (χ3v) is 7.00. The van der Waals surface area contributed by atoms with Crippen molar-refractivity contribution in [1.82, 2.24) is 0 Å². The Morgan fingerprint density at radius 3 is 1.91 bits per heavy atom. The highest BCUT2D eigenvalue weighted by Crippen LogP contribution is 2.37. The number of rotatable bonds is 4. The Morgan fingerprint density at radius 1 is 0.848 bits per heavy atom. The van der Waals surface area contributed by atoms with Gasteiger partial charge in [0.1, 0.15) is 4.90 Å². The van der Waals surface area contributed by atoms with Crippen LogP contribution in [0.1, 0.15) is 76.9 Å². The lowest BCUT2D eigenvalue weighted by Crippen LogP contribution is -2.27. The predicted molar refractivity (Wildman–Crippen MR) is 123 cm³/mol. The first-order valence-corrected chi connectivity index (χ1v) is 11.9. The van der Waals surface area contributed by atoms with E-state index >= 15 is 0 Å². The third kappa shape index (κ3) is 3.53. The molecule has 0 heterocycles. The number of aryl methyl sites for hydroxylation is 4. The Balaban J connectivity index is 2.18. The molecule has 1 aliphatic rings. The number of hydrogen-bond acceptors (Lipinski definition) is 5. The van der Waals surface area contributed by atoms with Crippen LogP contribution in [0.4, 0.5) is 0 Å². The van der Waals surface area contributed by atoms with E-state index in [2.05, 4.69) is 0 Å². The van der Waals surface area contributed by atoms with Gasteiger partial charge in [-0.3, -0.25) is 18.9 Å². The fourth-order valence-electron chi connectivity index (χ4n) is 4.73. The largest absolute Gasteiger partial charge is 0.295 e. The van der Waals surface area contributed by atoms with Gasteiger partial charge in [-0.2, -0.15) is 8.42 Å². The van der Waals surface area contributed by atoms with Crippen LogP contribution in [-0.2, 0) is 16.5 Å². The topological polar surface area (TPSA) is 106 Å². The van der Waals surface area contributed by atoms with Gasteiger partial charge in [0, 0.05) is 27.8 Å². The van der Waals surface area contributed by atoms with E-state index in [0.717, 1.165) is 5.56 Å². The monoisotopic (exact) mass is 462 g/mol. The average molecular weight is 463 g/mol. The van der Waals surface area contributed by atoms with Gasteiger partial charge in [0.05, 0.1) is 5.56 Å². The minimum atomic E-state index is -4.90. The summed E-state index contributed by atoms with van der Waals surface area (Å²) in [6, 6.07) is 11.1. The molecule has 6 nitrogen and oxygen atoms in total. The molecule has 1 aliphatic carbocycles. The van der Waals surface area contributed by atoms with Crippen molar-refractivity contribution >= 4 is 27.5 Å². The second kappa shape index (κ2) is 7.86. The van der Waals surface area contributed by atoms with Gasteiger partial charge >= 0.3 is 0 Å². The zero-order valence-electron chi connectivity index (χ0n) is 18.6. The molecule has 0 bridgehead atoms. The smallest absolute Gasteiger partial charge is 0.289 e. The molecule has 0 saturated carbocycles. The molecule has 3 aromatic rings. The second-order valence-corrected chi connectivity index (χ2v) is 9.66. The highest BCUT2D eigenvalue weighted by Gasteiger charge is 2.39. The summed E-state index contributed by atoms with van der Waals surface area (Å²) in [6.45, 7) is 6.96. The van der Waals surface area contributed by atoms with E-state index in [-0.39, 0.29) is 39.8 Å². The van der Waals surface area contributed by atoms with Crippen molar-refractivity contribution in [3.8, 4) is 0 Å². The molecule has 0 spiro atoms. The van der Waals surface area contributed by atoms with Crippen molar-refractivity contribution in [3.63, 3.8) is 0 Å². The van der Waals surface area contributed by atoms with Gasteiger partial charge in [-0.25, -0.2) is 0 Å². The number of ketones is 3. The van der Waals surface area contributed by atoms with E-state index < -0.39 is 37.9 Å². The van der Waals surface area contributed by atoms with E-state index in [1.807, 2.05) is 6.92 Å². The first-order chi connectivity index (χ1) is 15.5. The highest BCUT2D eigenvalue weighted by atomic mass is 32.2. The van der Waals surface area contributed by atoms with E-state index in [1.54, 1.807) is 45.0 Å². The maximum absolute atomic E-state index is 13.9. The molecule has 0 aliphatic heterocycles. The quantitative estimate of drug-likeness (QED) is 0.355. The first kappa shape index (κ1) is 22.8. The Labute approximate surface area is 192 Å². The summed E-state index contributed by atoms with van der Waals surface area (Å²) in [5.74, 6) is -1.81. The predicted octanol–water partition coefficient (Wildman–Crippen LogP) is 4.43. The van der Waals surface area contributed by atoms with Gasteiger partial charge in [0.15, 0.2) is 17.3 Å². The van der Waals surface area contributed by atoms with Gasteiger partial charge in [-0.1, -0.05) is 48.9 Å². The minimum absolute atomic E-state index is 0.0336. The van der Waals surface area contributed by atoms with Crippen molar-refractivity contribution in [2.45, 2.75) is 39.0 Å². The standard InChI is InChI=1S/C26H22O6S/c1-5-16-12-19-21(24(28)18-9-7-6-8-17(18)23(19)27)22(26(16)33(30,31)32)25(29)20-14(3)10-13(2)11-15(20)4/h6-12H,5H2,1-4H3,(H,30,31,32). The van der Waals surface area contributed by atoms with E-state index in [4.69, 9.17) is 0 Å². The van der Waals surface area contributed by atoms with Crippen LogP contribution >= 0.6 is 0 Å². The van der Waals surface area contributed by atoms with Crippen molar-refractivity contribution in [1.29, 1.82) is 0 Å². The maximum atomic E-state index is 13.9. The SMILES string of the molecule is CCc1cc2c(c(C(=O)c3c(C)cc(C)cc3C)c1S(=O)(=O)O)C(=O)c1ccccc1C2=O. The van der Waals surface area contributed by atoms with Crippen molar-refractivity contribution in [2.75, 3.05) is 0 Å². The highest BCUT2D eigenvalue weighted by molar-refractivity contribution is 7.86. The van der Waals surface area contributed by atoms with Crippen LogP contribution < -0.4 is 0 Å². The Bertz CT molecular complexity index is 1470. The lowest BCUT2D eigenvalue weighted by molar-refractivity contribution is 0.0969. The van der Waals surface area contributed by atoms with Crippen LogP contribution in [0.3, 0.4) is 0 Å². The van der Waals surface area contributed by atoms with E-state index in [9.17, 15) is 27.4 Å². The Kier molecular flexibility index (Phi) is 5.42. The van der Waals surface area contributed by atoms with Crippen molar-refractivity contribution < 1.29 is 27.4 Å². The van der Waals surface area contributed by atoms with Crippen LogP contribution in [-0.4, -0.2) is 30.3 Å².